The van der Waals surface area contributed by atoms with Gasteiger partial charge < -0.3 is 15.0 Å². The smallest absolute Gasteiger partial charge is 0.142 e. The molecule has 2 rings (SSSR count). The van der Waals surface area contributed by atoms with Gasteiger partial charge in [-0.15, -0.1) is 0 Å². The fourth-order valence-electron chi connectivity index (χ4n) is 2.76. The number of nitrogens with zero attached hydrogens (tertiary/aromatic N) is 1. The van der Waals surface area contributed by atoms with Gasteiger partial charge in [0.05, 0.1) is 12.8 Å². The highest BCUT2D eigenvalue weighted by Gasteiger charge is 2.15. The summed E-state index contributed by atoms with van der Waals surface area (Å²) < 4.78 is 5.60. The van der Waals surface area contributed by atoms with E-state index in [1.165, 1.54) is 43.4 Å². The lowest BCUT2D eigenvalue weighted by atomic mass is 10.1. The third-order valence-electron chi connectivity index (χ3n) is 3.98. The minimum Gasteiger partial charge on any atom is -0.495 e. The minimum atomic E-state index is 0.927. The van der Waals surface area contributed by atoms with Crippen molar-refractivity contribution in [2.75, 3.05) is 31.6 Å². The molecule has 1 N–H and O–H groups in total. The van der Waals surface area contributed by atoms with Crippen LogP contribution in [0.3, 0.4) is 0 Å². The molecule has 0 spiro atoms. The van der Waals surface area contributed by atoms with Gasteiger partial charge in [0.1, 0.15) is 5.75 Å². The number of piperidine rings is 1. The molecule has 1 fully saturated rings. The summed E-state index contributed by atoms with van der Waals surface area (Å²) in [5.74, 6) is 1.02. The Balaban J connectivity index is 1.99. The molecule has 1 aromatic carbocycles. The maximum absolute atomic E-state index is 5.60. The van der Waals surface area contributed by atoms with Crippen molar-refractivity contribution >= 4 is 5.69 Å². The van der Waals surface area contributed by atoms with Gasteiger partial charge in [0.2, 0.25) is 0 Å². The van der Waals surface area contributed by atoms with Gasteiger partial charge in [-0.1, -0.05) is 19.4 Å². The lowest BCUT2D eigenvalue weighted by Gasteiger charge is -2.30. The summed E-state index contributed by atoms with van der Waals surface area (Å²) in [6.45, 7) is 6.55. The van der Waals surface area contributed by atoms with Crippen molar-refractivity contribution in [3.8, 4) is 5.75 Å². The molecule has 112 valence electrons. The van der Waals surface area contributed by atoms with E-state index in [0.717, 1.165) is 31.9 Å². The van der Waals surface area contributed by atoms with E-state index < -0.39 is 0 Å². The van der Waals surface area contributed by atoms with E-state index in [2.05, 4.69) is 35.3 Å². The third kappa shape index (κ3) is 4.14. The second kappa shape index (κ2) is 8.15. The number of hydrogen-bond donors (Lipinski definition) is 1. The molecule has 3 nitrogen and oxygen atoms in total. The van der Waals surface area contributed by atoms with E-state index in [0.29, 0.717) is 0 Å². The highest BCUT2D eigenvalue weighted by atomic mass is 16.5. The number of benzene rings is 1. The largest absolute Gasteiger partial charge is 0.495 e. The molecule has 0 aliphatic carbocycles. The normalized spacial score (nSPS) is 15.4. The second-order valence-corrected chi connectivity index (χ2v) is 5.58. The molecule has 1 aromatic rings. The standard InChI is InChI=1S/C17H28N2O/c1-3-4-10-18-14-15-8-9-16(17(13-15)20-2)19-11-6-5-7-12-19/h8-9,13,18H,3-7,10-12,14H2,1-2H3. The number of ether oxygens (including phenoxy) is 1. The Labute approximate surface area is 123 Å². The molecule has 20 heavy (non-hydrogen) atoms. The van der Waals surface area contributed by atoms with Crippen LogP contribution >= 0.6 is 0 Å². The first kappa shape index (κ1) is 15.2. The lowest BCUT2D eigenvalue weighted by molar-refractivity contribution is 0.412. The SMILES string of the molecule is CCCCNCc1ccc(N2CCCCC2)c(OC)c1. The summed E-state index contributed by atoms with van der Waals surface area (Å²) in [7, 11) is 1.77. The number of anilines is 1. The molecule has 0 unspecified atom stereocenters. The Morgan fingerprint density at radius 2 is 2.00 bits per heavy atom. The molecule has 1 aliphatic heterocycles. The molecule has 0 radical (unpaired) electrons. The number of unbranched alkanes of at least 4 members (excludes halogenated alkanes) is 1. The van der Waals surface area contributed by atoms with Crippen LogP contribution in [0.25, 0.3) is 0 Å². The van der Waals surface area contributed by atoms with Crippen molar-refractivity contribution in [3.63, 3.8) is 0 Å². The van der Waals surface area contributed by atoms with Gasteiger partial charge in [0.25, 0.3) is 0 Å². The fourth-order valence-corrected chi connectivity index (χ4v) is 2.76. The Kier molecular flexibility index (Phi) is 6.19. The highest BCUT2D eigenvalue weighted by Crippen LogP contribution is 2.31. The van der Waals surface area contributed by atoms with Gasteiger partial charge in [-0.2, -0.15) is 0 Å². The van der Waals surface area contributed by atoms with Crippen LogP contribution in [0.2, 0.25) is 0 Å². The first-order chi connectivity index (χ1) is 9.85. The summed E-state index contributed by atoms with van der Waals surface area (Å²) in [4.78, 5) is 2.45. The minimum absolute atomic E-state index is 0.927. The van der Waals surface area contributed by atoms with Crippen molar-refractivity contribution in [1.82, 2.24) is 5.32 Å². The summed E-state index contributed by atoms with van der Waals surface area (Å²) in [5.41, 5.74) is 2.56. The molecule has 0 bridgehead atoms. The zero-order valence-corrected chi connectivity index (χ0v) is 13.0. The van der Waals surface area contributed by atoms with Crippen molar-refractivity contribution in [1.29, 1.82) is 0 Å². The van der Waals surface area contributed by atoms with Crippen LogP contribution in [-0.4, -0.2) is 26.7 Å². The average Bonchev–Trinajstić information content (AvgIpc) is 2.52. The first-order valence-electron chi connectivity index (χ1n) is 7.97. The molecule has 1 heterocycles. The molecule has 1 saturated heterocycles. The number of nitrogens with one attached hydrogen (secondary N) is 1. The van der Waals surface area contributed by atoms with E-state index in [1.807, 2.05) is 0 Å². The summed E-state index contributed by atoms with van der Waals surface area (Å²) in [5, 5.41) is 3.48. The van der Waals surface area contributed by atoms with E-state index in [1.54, 1.807) is 7.11 Å². The molecular weight excluding hydrogens is 248 g/mol. The maximum atomic E-state index is 5.60. The first-order valence-corrected chi connectivity index (χ1v) is 7.97. The van der Waals surface area contributed by atoms with Crippen molar-refractivity contribution < 1.29 is 4.74 Å². The van der Waals surface area contributed by atoms with Crippen LogP contribution in [0.15, 0.2) is 18.2 Å². The van der Waals surface area contributed by atoms with Gasteiger partial charge in [0.15, 0.2) is 0 Å². The topological polar surface area (TPSA) is 24.5 Å². The fraction of sp³-hybridized carbons (Fsp3) is 0.647. The van der Waals surface area contributed by atoms with Crippen LogP contribution in [0.1, 0.15) is 44.6 Å². The Morgan fingerprint density at radius 3 is 2.70 bits per heavy atom. The Hall–Kier alpha value is -1.22. The summed E-state index contributed by atoms with van der Waals surface area (Å²) in [6.07, 6.45) is 6.43. The van der Waals surface area contributed by atoms with E-state index in [-0.39, 0.29) is 0 Å². The number of hydrogen-bond acceptors (Lipinski definition) is 3. The summed E-state index contributed by atoms with van der Waals surface area (Å²) in [6, 6.07) is 6.63. The van der Waals surface area contributed by atoms with E-state index in [4.69, 9.17) is 4.74 Å². The average molecular weight is 276 g/mol. The monoisotopic (exact) mass is 276 g/mol. The van der Waals surface area contributed by atoms with Crippen LogP contribution in [0.5, 0.6) is 5.75 Å². The van der Waals surface area contributed by atoms with Gasteiger partial charge >= 0.3 is 0 Å². The van der Waals surface area contributed by atoms with Crippen molar-refractivity contribution in [2.45, 2.75) is 45.6 Å². The highest BCUT2D eigenvalue weighted by molar-refractivity contribution is 5.60. The van der Waals surface area contributed by atoms with Gasteiger partial charge in [0, 0.05) is 19.6 Å². The number of methoxy groups -OCH3 is 1. The van der Waals surface area contributed by atoms with Gasteiger partial charge in [-0.05, 0) is 49.9 Å². The maximum Gasteiger partial charge on any atom is 0.142 e. The number of rotatable bonds is 7. The molecule has 1 aliphatic rings. The predicted molar refractivity (Wildman–Crippen MR) is 85.7 cm³/mol. The quantitative estimate of drug-likeness (QED) is 0.770. The van der Waals surface area contributed by atoms with Gasteiger partial charge in [-0.25, -0.2) is 0 Å². The Morgan fingerprint density at radius 1 is 1.20 bits per heavy atom. The van der Waals surface area contributed by atoms with E-state index >= 15 is 0 Å². The van der Waals surface area contributed by atoms with Crippen LogP contribution in [-0.2, 0) is 6.54 Å². The molecule has 0 aromatic heterocycles. The van der Waals surface area contributed by atoms with Crippen LogP contribution in [0, 0.1) is 0 Å². The molecule has 3 heteroatoms. The zero-order valence-electron chi connectivity index (χ0n) is 13.0. The van der Waals surface area contributed by atoms with Crippen LogP contribution in [0.4, 0.5) is 5.69 Å². The van der Waals surface area contributed by atoms with Crippen LogP contribution < -0.4 is 15.0 Å². The molecular formula is C17H28N2O. The van der Waals surface area contributed by atoms with Crippen molar-refractivity contribution in [2.24, 2.45) is 0 Å². The van der Waals surface area contributed by atoms with Gasteiger partial charge in [-0.3, -0.25) is 0 Å². The van der Waals surface area contributed by atoms with Crippen molar-refractivity contribution in [3.05, 3.63) is 23.8 Å². The predicted octanol–water partition coefficient (Wildman–Crippen LogP) is 3.58. The molecule has 0 saturated carbocycles. The lowest BCUT2D eigenvalue weighted by Crippen LogP contribution is -2.29. The second-order valence-electron chi connectivity index (χ2n) is 5.58. The Bertz CT molecular complexity index is 400. The van der Waals surface area contributed by atoms with E-state index in [9.17, 15) is 0 Å². The molecule has 0 amide bonds. The third-order valence-corrected chi connectivity index (χ3v) is 3.98. The summed E-state index contributed by atoms with van der Waals surface area (Å²) >= 11 is 0. The zero-order chi connectivity index (χ0) is 14.2. The molecule has 0 atom stereocenters.